The lowest BCUT2D eigenvalue weighted by Gasteiger charge is -2.18. The largest absolute Gasteiger partial charge is 0.419 e. The second-order valence-electron chi connectivity index (χ2n) is 5.54. The van der Waals surface area contributed by atoms with Gasteiger partial charge in [0.25, 0.3) is 5.91 Å². The lowest BCUT2D eigenvalue weighted by atomic mass is 10.0. The van der Waals surface area contributed by atoms with E-state index in [1.54, 1.807) is 0 Å². The van der Waals surface area contributed by atoms with Crippen molar-refractivity contribution >= 4 is 27.5 Å². The van der Waals surface area contributed by atoms with E-state index in [4.69, 9.17) is 0 Å². The number of hydrogen-bond donors (Lipinski definition) is 1. The lowest BCUT2D eigenvalue weighted by Crippen LogP contribution is -2.28. The Bertz CT molecular complexity index is 986. The van der Waals surface area contributed by atoms with E-state index in [-0.39, 0.29) is 11.1 Å². The molecule has 3 rings (SSSR count). The first kappa shape index (κ1) is 18.3. The number of nitrogens with one attached hydrogen (secondary N) is 1. The highest BCUT2D eigenvalue weighted by atomic mass is 79.9. The second-order valence-corrected chi connectivity index (χ2v) is 6.39. The maximum Gasteiger partial charge on any atom is 0.419 e. The number of fused-ring (bicyclic) bond motifs is 1. The molecule has 1 atom stereocenters. The Labute approximate surface area is 153 Å². The van der Waals surface area contributed by atoms with Crippen LogP contribution in [0.1, 0.15) is 34.5 Å². The number of amides is 1. The number of pyridine rings is 1. The van der Waals surface area contributed by atoms with Crippen LogP contribution in [-0.2, 0) is 6.18 Å². The molecule has 0 aliphatic carbocycles. The third-order valence-corrected chi connectivity index (χ3v) is 4.34. The van der Waals surface area contributed by atoms with Gasteiger partial charge in [0.1, 0.15) is 12.1 Å². The average Bonchev–Trinajstić information content (AvgIpc) is 3.02. The van der Waals surface area contributed by atoms with E-state index in [9.17, 15) is 22.4 Å². The third-order valence-electron chi connectivity index (χ3n) is 3.76. The molecule has 0 saturated carbocycles. The number of benzene rings is 1. The number of halogens is 5. The first-order chi connectivity index (χ1) is 12.2. The first-order valence-electron chi connectivity index (χ1n) is 7.34. The fourth-order valence-electron chi connectivity index (χ4n) is 2.48. The molecule has 2 heterocycles. The van der Waals surface area contributed by atoms with Gasteiger partial charge in [-0.3, -0.25) is 9.20 Å². The Morgan fingerprint density at radius 3 is 2.77 bits per heavy atom. The maximum absolute atomic E-state index is 14.2. The van der Waals surface area contributed by atoms with E-state index >= 15 is 0 Å². The minimum atomic E-state index is -4.81. The normalized spacial score (nSPS) is 13.0. The smallest absolute Gasteiger partial charge is 0.345 e. The van der Waals surface area contributed by atoms with Crippen LogP contribution in [-0.4, -0.2) is 20.5 Å². The molecule has 0 aliphatic heterocycles. The van der Waals surface area contributed by atoms with Crippen LogP contribution in [0.2, 0.25) is 0 Å². The fourth-order valence-corrected chi connectivity index (χ4v) is 3.01. The second kappa shape index (κ2) is 6.67. The van der Waals surface area contributed by atoms with Crippen molar-refractivity contribution in [1.82, 2.24) is 19.9 Å². The topological polar surface area (TPSA) is 59.3 Å². The Kier molecular flexibility index (Phi) is 4.70. The number of aromatic nitrogens is 3. The van der Waals surface area contributed by atoms with Gasteiger partial charge < -0.3 is 5.32 Å². The van der Waals surface area contributed by atoms with Crippen molar-refractivity contribution in [1.29, 1.82) is 0 Å². The molecule has 26 heavy (non-hydrogen) atoms. The van der Waals surface area contributed by atoms with Gasteiger partial charge in [0.05, 0.1) is 21.6 Å². The van der Waals surface area contributed by atoms with Crippen molar-refractivity contribution in [2.75, 3.05) is 0 Å². The summed E-state index contributed by atoms with van der Waals surface area (Å²) >= 11 is 3.26. The van der Waals surface area contributed by atoms with E-state index in [0.717, 1.165) is 6.07 Å². The highest BCUT2D eigenvalue weighted by molar-refractivity contribution is 9.10. The van der Waals surface area contributed by atoms with Crippen LogP contribution in [0.4, 0.5) is 17.6 Å². The van der Waals surface area contributed by atoms with Crippen molar-refractivity contribution in [2.45, 2.75) is 19.1 Å². The summed E-state index contributed by atoms with van der Waals surface area (Å²) in [5.41, 5.74) is -0.913. The first-order valence-corrected chi connectivity index (χ1v) is 8.13. The predicted octanol–water partition coefficient (Wildman–Crippen LogP) is 4.14. The Morgan fingerprint density at radius 2 is 2.08 bits per heavy atom. The Hall–Kier alpha value is -2.49. The summed E-state index contributed by atoms with van der Waals surface area (Å²) in [7, 11) is 0. The van der Waals surface area contributed by atoms with Gasteiger partial charge in [-0.1, -0.05) is 12.1 Å². The van der Waals surface area contributed by atoms with Crippen molar-refractivity contribution in [3.8, 4) is 0 Å². The van der Waals surface area contributed by atoms with Crippen molar-refractivity contribution < 1.29 is 22.4 Å². The van der Waals surface area contributed by atoms with Crippen molar-refractivity contribution in [2.24, 2.45) is 0 Å². The number of carbonyl (C=O) groups is 1. The van der Waals surface area contributed by atoms with Gasteiger partial charge in [0, 0.05) is 11.8 Å². The molecule has 0 bridgehead atoms. The van der Waals surface area contributed by atoms with E-state index in [1.165, 1.54) is 36.0 Å². The van der Waals surface area contributed by atoms with Gasteiger partial charge >= 0.3 is 6.18 Å². The van der Waals surface area contributed by atoms with Gasteiger partial charge in [-0.15, -0.1) is 10.2 Å². The minimum Gasteiger partial charge on any atom is -0.345 e. The molecule has 10 heteroatoms. The van der Waals surface area contributed by atoms with E-state index in [0.29, 0.717) is 16.2 Å². The molecule has 3 aromatic rings. The van der Waals surface area contributed by atoms with Gasteiger partial charge in [0.15, 0.2) is 5.65 Å². The molecular formula is C16H11BrF4N4O. The van der Waals surface area contributed by atoms with Crippen molar-refractivity contribution in [3.05, 3.63) is 63.8 Å². The number of hydrogen-bond acceptors (Lipinski definition) is 3. The molecule has 0 spiro atoms. The highest BCUT2D eigenvalue weighted by Gasteiger charge is 2.35. The standard InChI is InChI=1S/C16H11BrF4N4O/c1-8(10-3-2-4-11(13(10)18)16(19,20)21)23-15(26)9-5-12(17)14-24-22-7-25(14)6-9/h2-8H,1H3,(H,23,26)/t8-/m1/s1. The third kappa shape index (κ3) is 3.41. The van der Waals surface area contributed by atoms with Crippen molar-refractivity contribution in [3.63, 3.8) is 0 Å². The molecule has 0 fully saturated rings. The summed E-state index contributed by atoms with van der Waals surface area (Å²) in [6.45, 7) is 1.41. The van der Waals surface area contributed by atoms with Gasteiger partial charge in [-0.2, -0.15) is 13.2 Å². The van der Waals surface area contributed by atoms with Gasteiger partial charge in [-0.25, -0.2) is 4.39 Å². The summed E-state index contributed by atoms with van der Waals surface area (Å²) in [4.78, 5) is 12.4. The van der Waals surface area contributed by atoms with Gasteiger partial charge in [-0.05, 0) is 35.0 Å². The summed E-state index contributed by atoms with van der Waals surface area (Å²) in [6.07, 6.45) is -1.95. The summed E-state index contributed by atoms with van der Waals surface area (Å²) in [5, 5.41) is 10.1. The van der Waals surface area contributed by atoms with Crippen LogP contribution in [0, 0.1) is 5.82 Å². The van der Waals surface area contributed by atoms with Crippen LogP contribution in [0.15, 0.2) is 41.3 Å². The van der Waals surface area contributed by atoms with E-state index < -0.39 is 29.5 Å². The molecule has 1 N–H and O–H groups in total. The Balaban J connectivity index is 1.87. The summed E-state index contributed by atoms with van der Waals surface area (Å²) < 4.78 is 54.7. The molecule has 0 radical (unpaired) electrons. The average molecular weight is 431 g/mol. The molecule has 2 aromatic heterocycles. The molecule has 136 valence electrons. The zero-order valence-electron chi connectivity index (χ0n) is 13.2. The number of nitrogens with zero attached hydrogens (tertiary/aromatic N) is 3. The number of rotatable bonds is 3. The quantitative estimate of drug-likeness (QED) is 0.635. The minimum absolute atomic E-state index is 0.211. The Morgan fingerprint density at radius 1 is 1.35 bits per heavy atom. The molecule has 5 nitrogen and oxygen atoms in total. The van der Waals surface area contributed by atoms with E-state index in [2.05, 4.69) is 31.4 Å². The fraction of sp³-hybridized carbons (Fsp3) is 0.188. The molecule has 0 saturated heterocycles. The lowest BCUT2D eigenvalue weighted by molar-refractivity contribution is -0.140. The highest BCUT2D eigenvalue weighted by Crippen LogP contribution is 2.33. The zero-order chi connectivity index (χ0) is 19.1. The molecule has 1 aromatic carbocycles. The molecule has 0 aliphatic rings. The van der Waals surface area contributed by atoms with Crippen LogP contribution < -0.4 is 5.32 Å². The number of alkyl halides is 3. The molecule has 0 unspecified atom stereocenters. The SMILES string of the molecule is C[C@@H](NC(=O)c1cc(Br)c2nncn2c1)c1cccc(C(F)(F)F)c1F. The van der Waals surface area contributed by atoms with Crippen LogP contribution in [0.5, 0.6) is 0 Å². The van der Waals surface area contributed by atoms with Crippen LogP contribution >= 0.6 is 15.9 Å². The van der Waals surface area contributed by atoms with Gasteiger partial charge in [0.2, 0.25) is 0 Å². The monoisotopic (exact) mass is 430 g/mol. The zero-order valence-corrected chi connectivity index (χ0v) is 14.8. The van der Waals surface area contributed by atoms with Crippen LogP contribution in [0.3, 0.4) is 0 Å². The molecular weight excluding hydrogens is 420 g/mol. The van der Waals surface area contributed by atoms with E-state index in [1.807, 2.05) is 0 Å². The van der Waals surface area contributed by atoms with Crippen LogP contribution in [0.25, 0.3) is 5.65 Å². The predicted molar refractivity (Wildman–Crippen MR) is 88.0 cm³/mol. The maximum atomic E-state index is 14.2. The summed E-state index contributed by atoms with van der Waals surface area (Å²) in [6, 6.07) is 3.48. The molecule has 1 amide bonds. The number of carbonyl (C=O) groups excluding carboxylic acids is 1. The summed E-state index contributed by atoms with van der Waals surface area (Å²) in [5.74, 6) is -1.98.